The second-order valence-corrected chi connectivity index (χ2v) is 6.43. The van der Waals surface area contributed by atoms with Crippen molar-refractivity contribution in [1.82, 2.24) is 4.90 Å². The lowest BCUT2D eigenvalue weighted by Crippen LogP contribution is -2.34. The lowest BCUT2D eigenvalue weighted by molar-refractivity contribution is 0.271. The summed E-state index contributed by atoms with van der Waals surface area (Å²) in [5, 5.41) is 3.14. The summed E-state index contributed by atoms with van der Waals surface area (Å²) in [5.41, 5.74) is 6.89. The van der Waals surface area contributed by atoms with Gasteiger partial charge in [-0.25, -0.2) is 0 Å². The van der Waals surface area contributed by atoms with Crippen molar-refractivity contribution in [3.05, 3.63) is 18.2 Å². The minimum absolute atomic E-state index is 0.437. The molecule has 1 atom stereocenters. The van der Waals surface area contributed by atoms with Gasteiger partial charge in [0.25, 0.3) is 0 Å². The number of nitrogens with two attached hydrogens (primary N) is 1. The molecule has 0 bridgehead atoms. The van der Waals surface area contributed by atoms with E-state index >= 15 is 0 Å². The molecule has 1 saturated carbocycles. The van der Waals surface area contributed by atoms with Gasteiger partial charge < -0.3 is 25.4 Å². The molecule has 6 nitrogen and oxygen atoms in total. The fourth-order valence-electron chi connectivity index (χ4n) is 2.84. The van der Waals surface area contributed by atoms with Crippen molar-refractivity contribution in [3.8, 4) is 11.5 Å². The lowest BCUT2D eigenvalue weighted by Gasteiger charge is -2.22. The molecule has 0 radical (unpaired) electrons. The third-order valence-electron chi connectivity index (χ3n) is 4.30. The number of hydrogen-bond acceptors (Lipinski definition) is 4. The van der Waals surface area contributed by atoms with E-state index in [0.29, 0.717) is 25.2 Å². The number of fused-ring (bicyclic) bond motifs is 1. The Labute approximate surface area is 137 Å². The van der Waals surface area contributed by atoms with Crippen LogP contribution in [-0.2, 0) is 0 Å². The minimum atomic E-state index is 0.437. The predicted molar refractivity (Wildman–Crippen MR) is 92.4 cm³/mol. The minimum Gasteiger partial charge on any atom is -0.490 e. The maximum Gasteiger partial charge on any atom is 0.193 e. The van der Waals surface area contributed by atoms with Crippen LogP contribution < -0.4 is 20.5 Å². The highest BCUT2D eigenvalue weighted by atomic mass is 16.5. The summed E-state index contributed by atoms with van der Waals surface area (Å²) in [7, 11) is 4.21. The SMILES string of the molecule is CN(C)C(CN=C(N)Nc1ccc2c(c1)OCCCO2)C1CC1. The Kier molecular flexibility index (Phi) is 4.91. The van der Waals surface area contributed by atoms with Crippen LogP contribution in [0.1, 0.15) is 19.3 Å². The Balaban J connectivity index is 1.61. The van der Waals surface area contributed by atoms with Gasteiger partial charge in [0.2, 0.25) is 0 Å². The number of anilines is 1. The Hall–Kier alpha value is -1.95. The quantitative estimate of drug-likeness (QED) is 0.641. The van der Waals surface area contributed by atoms with Crippen molar-refractivity contribution in [2.75, 3.05) is 39.2 Å². The van der Waals surface area contributed by atoms with E-state index in [9.17, 15) is 0 Å². The highest BCUT2D eigenvalue weighted by molar-refractivity contribution is 5.92. The number of hydrogen-bond donors (Lipinski definition) is 2. The van der Waals surface area contributed by atoms with Gasteiger partial charge in [-0.1, -0.05) is 0 Å². The molecule has 126 valence electrons. The first-order chi connectivity index (χ1) is 11.1. The summed E-state index contributed by atoms with van der Waals surface area (Å²) in [6.07, 6.45) is 3.50. The molecule has 1 aromatic rings. The van der Waals surface area contributed by atoms with Gasteiger partial charge in [-0.3, -0.25) is 4.99 Å². The molecule has 0 aromatic heterocycles. The van der Waals surface area contributed by atoms with E-state index in [1.165, 1.54) is 12.8 Å². The average Bonchev–Trinajstić information content (AvgIpc) is 3.33. The van der Waals surface area contributed by atoms with E-state index in [1.54, 1.807) is 0 Å². The summed E-state index contributed by atoms with van der Waals surface area (Å²) in [5.74, 6) is 2.74. The Morgan fingerprint density at radius 3 is 2.74 bits per heavy atom. The molecular weight excluding hydrogens is 292 g/mol. The van der Waals surface area contributed by atoms with Crippen molar-refractivity contribution in [2.45, 2.75) is 25.3 Å². The van der Waals surface area contributed by atoms with Gasteiger partial charge in [-0.05, 0) is 45.0 Å². The van der Waals surface area contributed by atoms with Gasteiger partial charge in [-0.15, -0.1) is 0 Å². The molecule has 3 N–H and O–H groups in total. The smallest absolute Gasteiger partial charge is 0.193 e. The molecule has 1 fully saturated rings. The van der Waals surface area contributed by atoms with E-state index in [0.717, 1.165) is 36.1 Å². The summed E-state index contributed by atoms with van der Waals surface area (Å²) in [4.78, 5) is 6.74. The van der Waals surface area contributed by atoms with Gasteiger partial charge >= 0.3 is 0 Å². The zero-order chi connectivity index (χ0) is 16.2. The monoisotopic (exact) mass is 318 g/mol. The molecule has 6 heteroatoms. The van der Waals surface area contributed by atoms with E-state index in [4.69, 9.17) is 15.2 Å². The second kappa shape index (κ2) is 7.08. The standard InChI is InChI=1S/C17H26N4O2/c1-21(2)14(12-4-5-12)11-19-17(18)20-13-6-7-15-16(10-13)23-9-3-8-22-15/h6-7,10,12,14H,3-5,8-9,11H2,1-2H3,(H3,18,19,20). The Morgan fingerprint density at radius 1 is 1.30 bits per heavy atom. The highest BCUT2D eigenvalue weighted by Gasteiger charge is 2.32. The number of benzene rings is 1. The molecule has 1 aliphatic heterocycles. The van der Waals surface area contributed by atoms with Crippen LogP contribution in [-0.4, -0.2) is 50.8 Å². The van der Waals surface area contributed by atoms with Crippen molar-refractivity contribution in [2.24, 2.45) is 16.6 Å². The van der Waals surface area contributed by atoms with Crippen LogP contribution in [0.4, 0.5) is 5.69 Å². The van der Waals surface area contributed by atoms with E-state index in [-0.39, 0.29) is 0 Å². The first-order valence-corrected chi connectivity index (χ1v) is 8.26. The van der Waals surface area contributed by atoms with Crippen LogP contribution in [0, 0.1) is 5.92 Å². The van der Waals surface area contributed by atoms with Crippen LogP contribution in [0.5, 0.6) is 11.5 Å². The zero-order valence-corrected chi connectivity index (χ0v) is 13.9. The van der Waals surface area contributed by atoms with Crippen molar-refractivity contribution in [3.63, 3.8) is 0 Å². The molecule has 0 spiro atoms. The molecule has 1 aliphatic carbocycles. The van der Waals surface area contributed by atoms with Crippen LogP contribution in [0.2, 0.25) is 0 Å². The van der Waals surface area contributed by atoms with Gasteiger partial charge in [-0.2, -0.15) is 0 Å². The molecule has 23 heavy (non-hydrogen) atoms. The first-order valence-electron chi connectivity index (χ1n) is 8.26. The molecule has 1 aromatic carbocycles. The number of rotatable bonds is 5. The number of guanidine groups is 1. The fourth-order valence-corrected chi connectivity index (χ4v) is 2.84. The van der Waals surface area contributed by atoms with Crippen LogP contribution >= 0.6 is 0 Å². The number of nitrogens with one attached hydrogen (secondary N) is 1. The van der Waals surface area contributed by atoms with E-state index in [2.05, 4.69) is 29.3 Å². The Morgan fingerprint density at radius 2 is 2.04 bits per heavy atom. The topological polar surface area (TPSA) is 72.1 Å². The molecule has 0 amide bonds. The maximum atomic E-state index is 6.03. The normalized spacial score (nSPS) is 19.3. The molecular formula is C17H26N4O2. The van der Waals surface area contributed by atoms with Crippen LogP contribution in [0.25, 0.3) is 0 Å². The summed E-state index contributed by atoms with van der Waals surface area (Å²) in [6, 6.07) is 6.22. The van der Waals surface area contributed by atoms with Crippen molar-refractivity contribution < 1.29 is 9.47 Å². The fraction of sp³-hybridized carbons (Fsp3) is 0.588. The van der Waals surface area contributed by atoms with Gasteiger partial charge in [0.1, 0.15) is 0 Å². The number of aliphatic imine (C=N–C) groups is 1. The van der Waals surface area contributed by atoms with Crippen molar-refractivity contribution in [1.29, 1.82) is 0 Å². The van der Waals surface area contributed by atoms with E-state index in [1.807, 2.05) is 18.2 Å². The first kappa shape index (κ1) is 15.9. The van der Waals surface area contributed by atoms with E-state index < -0.39 is 0 Å². The van der Waals surface area contributed by atoms with Gasteiger partial charge in [0.05, 0.1) is 19.8 Å². The lowest BCUT2D eigenvalue weighted by atomic mass is 10.2. The van der Waals surface area contributed by atoms with Gasteiger partial charge in [0, 0.05) is 24.2 Å². The van der Waals surface area contributed by atoms with Crippen molar-refractivity contribution >= 4 is 11.6 Å². The third-order valence-corrected chi connectivity index (χ3v) is 4.30. The van der Waals surface area contributed by atoms with Gasteiger partial charge in [0.15, 0.2) is 17.5 Å². The average molecular weight is 318 g/mol. The molecule has 1 unspecified atom stereocenters. The highest BCUT2D eigenvalue weighted by Crippen LogP contribution is 2.35. The third kappa shape index (κ3) is 4.28. The molecule has 0 saturated heterocycles. The summed E-state index contributed by atoms with van der Waals surface area (Å²) in [6.45, 7) is 2.09. The number of ether oxygens (including phenoxy) is 2. The largest absolute Gasteiger partial charge is 0.490 e. The summed E-state index contributed by atoms with van der Waals surface area (Å²) < 4.78 is 11.3. The summed E-state index contributed by atoms with van der Waals surface area (Å²) >= 11 is 0. The molecule has 3 rings (SSSR count). The maximum absolute atomic E-state index is 6.03. The molecule has 1 heterocycles. The second-order valence-electron chi connectivity index (χ2n) is 6.43. The zero-order valence-electron chi connectivity index (χ0n) is 13.9. The number of nitrogens with zero attached hydrogens (tertiary/aromatic N) is 2. The molecule has 2 aliphatic rings. The van der Waals surface area contributed by atoms with Crippen LogP contribution in [0.15, 0.2) is 23.2 Å². The number of likely N-dealkylation sites (N-methyl/N-ethyl adjacent to an activating group) is 1. The predicted octanol–water partition coefficient (Wildman–Crippen LogP) is 1.91. The van der Waals surface area contributed by atoms with Crippen LogP contribution in [0.3, 0.4) is 0 Å². The Bertz CT molecular complexity index is 568.